The van der Waals surface area contributed by atoms with E-state index in [2.05, 4.69) is 0 Å². The number of aliphatic hydroxyl groups is 1. The van der Waals surface area contributed by atoms with E-state index in [9.17, 15) is 5.11 Å². The number of rotatable bonds is 7. The highest BCUT2D eigenvalue weighted by atomic mass is 16.5. The van der Waals surface area contributed by atoms with E-state index in [1.165, 1.54) is 0 Å². The van der Waals surface area contributed by atoms with E-state index in [4.69, 9.17) is 15.2 Å². The first-order valence-electron chi connectivity index (χ1n) is 4.96. The van der Waals surface area contributed by atoms with Gasteiger partial charge in [0.25, 0.3) is 0 Å². The SMILES string of the molecule is NCCOCC(O)COc1ccccc1. The van der Waals surface area contributed by atoms with Crippen LogP contribution in [-0.4, -0.2) is 37.6 Å². The normalized spacial score (nSPS) is 12.4. The predicted molar refractivity (Wildman–Crippen MR) is 57.8 cm³/mol. The molecular weight excluding hydrogens is 194 g/mol. The Kier molecular flexibility index (Phi) is 5.77. The van der Waals surface area contributed by atoms with Crippen molar-refractivity contribution in [1.29, 1.82) is 0 Å². The molecule has 1 rings (SSSR count). The molecule has 0 spiro atoms. The summed E-state index contributed by atoms with van der Waals surface area (Å²) in [4.78, 5) is 0. The average Bonchev–Trinajstić information content (AvgIpc) is 2.28. The number of nitrogens with two attached hydrogens (primary N) is 1. The topological polar surface area (TPSA) is 64.7 Å². The van der Waals surface area contributed by atoms with Crippen LogP contribution < -0.4 is 10.5 Å². The van der Waals surface area contributed by atoms with Crippen molar-refractivity contribution in [3.05, 3.63) is 30.3 Å². The van der Waals surface area contributed by atoms with Crippen LogP contribution >= 0.6 is 0 Å². The number of hydrogen-bond donors (Lipinski definition) is 2. The second-order valence-corrected chi connectivity index (χ2v) is 3.14. The highest BCUT2D eigenvalue weighted by molar-refractivity contribution is 5.20. The van der Waals surface area contributed by atoms with Gasteiger partial charge in [0, 0.05) is 6.54 Å². The summed E-state index contributed by atoms with van der Waals surface area (Å²) in [6.45, 7) is 1.41. The molecular formula is C11H17NO3. The Morgan fingerprint density at radius 3 is 2.60 bits per heavy atom. The highest BCUT2D eigenvalue weighted by Crippen LogP contribution is 2.08. The molecule has 1 unspecified atom stereocenters. The van der Waals surface area contributed by atoms with E-state index >= 15 is 0 Å². The lowest BCUT2D eigenvalue weighted by Gasteiger charge is -2.12. The Morgan fingerprint density at radius 1 is 1.20 bits per heavy atom. The summed E-state index contributed by atoms with van der Waals surface area (Å²) < 4.78 is 10.4. The molecule has 84 valence electrons. The molecule has 0 saturated carbocycles. The maximum atomic E-state index is 9.45. The summed E-state index contributed by atoms with van der Waals surface area (Å²) in [5.74, 6) is 0.746. The quantitative estimate of drug-likeness (QED) is 0.641. The largest absolute Gasteiger partial charge is 0.491 e. The third-order valence-electron chi connectivity index (χ3n) is 1.76. The fraction of sp³-hybridized carbons (Fsp3) is 0.455. The Balaban J connectivity index is 2.14. The number of aliphatic hydroxyl groups excluding tert-OH is 1. The van der Waals surface area contributed by atoms with Crippen LogP contribution in [0.5, 0.6) is 5.75 Å². The second-order valence-electron chi connectivity index (χ2n) is 3.14. The molecule has 4 heteroatoms. The molecule has 0 fully saturated rings. The molecule has 0 aromatic heterocycles. The number of hydrogen-bond acceptors (Lipinski definition) is 4. The van der Waals surface area contributed by atoms with Gasteiger partial charge in [-0.3, -0.25) is 0 Å². The van der Waals surface area contributed by atoms with Crippen molar-refractivity contribution in [3.63, 3.8) is 0 Å². The minimum Gasteiger partial charge on any atom is -0.491 e. The lowest BCUT2D eigenvalue weighted by molar-refractivity contribution is 0.0147. The van der Waals surface area contributed by atoms with Crippen LogP contribution in [0.3, 0.4) is 0 Å². The molecule has 0 amide bonds. The van der Waals surface area contributed by atoms with Gasteiger partial charge < -0.3 is 20.3 Å². The van der Waals surface area contributed by atoms with Gasteiger partial charge in [0.15, 0.2) is 0 Å². The monoisotopic (exact) mass is 211 g/mol. The standard InChI is InChI=1S/C11H17NO3/c12-6-7-14-8-10(13)9-15-11-4-2-1-3-5-11/h1-5,10,13H,6-9,12H2. The van der Waals surface area contributed by atoms with E-state index in [-0.39, 0.29) is 13.2 Å². The highest BCUT2D eigenvalue weighted by Gasteiger charge is 2.04. The van der Waals surface area contributed by atoms with E-state index < -0.39 is 6.10 Å². The van der Waals surface area contributed by atoms with Crippen molar-refractivity contribution in [2.45, 2.75) is 6.10 Å². The van der Waals surface area contributed by atoms with Crippen molar-refractivity contribution in [2.75, 3.05) is 26.4 Å². The first-order valence-corrected chi connectivity index (χ1v) is 4.96. The van der Waals surface area contributed by atoms with Crippen molar-refractivity contribution in [1.82, 2.24) is 0 Å². The van der Waals surface area contributed by atoms with Crippen LogP contribution in [0.4, 0.5) is 0 Å². The molecule has 0 aliphatic carbocycles. The predicted octanol–water partition coefficient (Wildman–Crippen LogP) is 0.402. The van der Waals surface area contributed by atoms with Gasteiger partial charge in [0.1, 0.15) is 18.5 Å². The van der Waals surface area contributed by atoms with Gasteiger partial charge in [-0.25, -0.2) is 0 Å². The van der Waals surface area contributed by atoms with E-state index in [0.29, 0.717) is 13.2 Å². The minimum atomic E-state index is -0.614. The van der Waals surface area contributed by atoms with Gasteiger partial charge in [-0.05, 0) is 12.1 Å². The lowest BCUT2D eigenvalue weighted by Crippen LogP contribution is -2.24. The molecule has 1 aromatic rings. The number of benzene rings is 1. The van der Waals surface area contributed by atoms with Crippen LogP contribution in [-0.2, 0) is 4.74 Å². The zero-order valence-electron chi connectivity index (χ0n) is 8.63. The Labute approximate surface area is 89.6 Å². The zero-order chi connectivity index (χ0) is 10.9. The average molecular weight is 211 g/mol. The summed E-state index contributed by atoms with van der Waals surface area (Å²) in [6, 6.07) is 9.36. The summed E-state index contributed by atoms with van der Waals surface area (Å²) in [6.07, 6.45) is -0.614. The van der Waals surface area contributed by atoms with Crippen molar-refractivity contribution in [3.8, 4) is 5.75 Å². The molecule has 0 radical (unpaired) electrons. The van der Waals surface area contributed by atoms with Gasteiger partial charge in [-0.2, -0.15) is 0 Å². The van der Waals surface area contributed by atoms with Crippen molar-refractivity contribution >= 4 is 0 Å². The molecule has 0 saturated heterocycles. The maximum Gasteiger partial charge on any atom is 0.119 e. The van der Waals surface area contributed by atoms with Gasteiger partial charge in [0.05, 0.1) is 13.2 Å². The van der Waals surface area contributed by atoms with Crippen LogP contribution in [0, 0.1) is 0 Å². The fourth-order valence-corrected chi connectivity index (χ4v) is 1.06. The van der Waals surface area contributed by atoms with Crippen LogP contribution in [0.15, 0.2) is 30.3 Å². The summed E-state index contributed by atoms with van der Waals surface area (Å²) in [5.41, 5.74) is 5.24. The Bertz CT molecular complexity index is 253. The van der Waals surface area contributed by atoms with E-state index in [1.54, 1.807) is 0 Å². The molecule has 15 heavy (non-hydrogen) atoms. The lowest BCUT2D eigenvalue weighted by atomic mass is 10.3. The first-order chi connectivity index (χ1) is 7.33. The molecule has 1 aromatic carbocycles. The molecule has 0 aliphatic heterocycles. The minimum absolute atomic E-state index is 0.231. The fourth-order valence-electron chi connectivity index (χ4n) is 1.06. The third kappa shape index (κ3) is 5.37. The molecule has 3 N–H and O–H groups in total. The molecule has 0 bridgehead atoms. The summed E-state index contributed by atoms with van der Waals surface area (Å²) in [5, 5.41) is 9.45. The molecule has 0 aliphatic rings. The van der Waals surface area contributed by atoms with Gasteiger partial charge in [0.2, 0.25) is 0 Å². The molecule has 1 atom stereocenters. The van der Waals surface area contributed by atoms with Crippen molar-refractivity contribution in [2.24, 2.45) is 5.73 Å². The molecule has 4 nitrogen and oxygen atoms in total. The summed E-state index contributed by atoms with van der Waals surface area (Å²) in [7, 11) is 0. The van der Waals surface area contributed by atoms with Gasteiger partial charge in [-0.15, -0.1) is 0 Å². The maximum absolute atomic E-state index is 9.45. The van der Waals surface area contributed by atoms with Gasteiger partial charge >= 0.3 is 0 Å². The van der Waals surface area contributed by atoms with E-state index in [1.807, 2.05) is 30.3 Å². The van der Waals surface area contributed by atoms with Crippen LogP contribution in [0.25, 0.3) is 0 Å². The number of ether oxygens (including phenoxy) is 2. The number of para-hydroxylation sites is 1. The van der Waals surface area contributed by atoms with E-state index in [0.717, 1.165) is 5.75 Å². The first kappa shape index (κ1) is 12.0. The second kappa shape index (κ2) is 7.23. The third-order valence-corrected chi connectivity index (χ3v) is 1.76. The van der Waals surface area contributed by atoms with Crippen LogP contribution in [0.2, 0.25) is 0 Å². The Morgan fingerprint density at radius 2 is 1.93 bits per heavy atom. The Hall–Kier alpha value is -1.10. The van der Waals surface area contributed by atoms with Crippen LogP contribution in [0.1, 0.15) is 0 Å². The zero-order valence-corrected chi connectivity index (χ0v) is 8.63. The van der Waals surface area contributed by atoms with Crippen molar-refractivity contribution < 1.29 is 14.6 Å². The summed E-state index contributed by atoms with van der Waals surface area (Å²) >= 11 is 0. The molecule has 0 heterocycles. The smallest absolute Gasteiger partial charge is 0.119 e. The van der Waals surface area contributed by atoms with Gasteiger partial charge in [-0.1, -0.05) is 18.2 Å².